The fourth-order valence-electron chi connectivity index (χ4n) is 1.84. The molecular formula is C12H11N5O5S2. The van der Waals surface area contributed by atoms with Gasteiger partial charge in [0.15, 0.2) is 4.34 Å². The van der Waals surface area contributed by atoms with E-state index in [4.69, 9.17) is 15.7 Å². The van der Waals surface area contributed by atoms with Crippen LogP contribution in [-0.2, 0) is 27.3 Å². The van der Waals surface area contributed by atoms with Gasteiger partial charge in [-0.1, -0.05) is 5.21 Å². The van der Waals surface area contributed by atoms with Crippen LogP contribution < -0.4 is 10.6 Å². The zero-order valence-corrected chi connectivity index (χ0v) is 13.6. The maximum atomic E-state index is 10.6. The summed E-state index contributed by atoms with van der Waals surface area (Å²) in [6.45, 7) is -0.0650. The molecule has 0 fully saturated rings. The molecule has 0 saturated carbocycles. The van der Waals surface area contributed by atoms with Crippen LogP contribution in [0.3, 0.4) is 0 Å². The summed E-state index contributed by atoms with van der Waals surface area (Å²) in [6, 6.07) is 5.43. The molecule has 2 heterocycles. The van der Waals surface area contributed by atoms with E-state index in [0.29, 0.717) is 15.8 Å². The van der Waals surface area contributed by atoms with Crippen LogP contribution in [0.25, 0.3) is 10.2 Å². The fraction of sp³-hybridized carbons (Fsp3) is 0.167. The van der Waals surface area contributed by atoms with E-state index < -0.39 is 5.97 Å². The molecule has 1 aromatic carbocycles. The first-order chi connectivity index (χ1) is 11.6. The first-order valence-corrected chi connectivity index (χ1v) is 8.04. The standard InChI is InChI=1S/C12H11N5O5S2/c13-21-22-24-12-14-9-2-1-8(3-10(9)23-12)20-6-7-4-17(16-15-7)5-11(18)19/h1-4H,5-6,13H2,(H,18,19). The molecule has 0 aliphatic heterocycles. The van der Waals surface area contributed by atoms with Crippen molar-refractivity contribution in [2.24, 2.45) is 5.90 Å². The number of aromatic nitrogens is 4. The third-order valence-electron chi connectivity index (χ3n) is 2.75. The summed E-state index contributed by atoms with van der Waals surface area (Å²) in [7, 11) is 0. The zero-order valence-electron chi connectivity index (χ0n) is 12.0. The zero-order chi connectivity index (χ0) is 16.9. The molecule has 3 rings (SSSR count). The van der Waals surface area contributed by atoms with Crippen molar-refractivity contribution in [2.45, 2.75) is 17.5 Å². The Balaban J connectivity index is 1.64. The Kier molecular flexibility index (Phi) is 5.22. The number of nitrogens with two attached hydrogens (primary N) is 1. The molecule has 3 N–H and O–H groups in total. The van der Waals surface area contributed by atoms with Gasteiger partial charge in [-0.05, 0) is 18.2 Å². The van der Waals surface area contributed by atoms with Crippen LogP contribution >= 0.6 is 23.4 Å². The lowest BCUT2D eigenvalue weighted by Gasteiger charge is -2.03. The first-order valence-electron chi connectivity index (χ1n) is 6.48. The molecular weight excluding hydrogens is 358 g/mol. The smallest absolute Gasteiger partial charge is 0.325 e. The second kappa shape index (κ2) is 7.55. The first kappa shape index (κ1) is 16.6. The SMILES string of the molecule is NOOSc1nc2ccc(OCc3cn(CC(=O)O)nn3)cc2s1. The van der Waals surface area contributed by atoms with Crippen molar-refractivity contribution in [3.63, 3.8) is 0 Å². The van der Waals surface area contributed by atoms with Gasteiger partial charge in [0.2, 0.25) is 0 Å². The van der Waals surface area contributed by atoms with Crippen molar-refractivity contribution < 1.29 is 24.0 Å². The Morgan fingerprint density at radius 3 is 3.12 bits per heavy atom. The summed E-state index contributed by atoms with van der Waals surface area (Å²) >= 11 is 2.32. The second-order valence-electron chi connectivity index (χ2n) is 4.45. The number of rotatable bonds is 8. The Morgan fingerprint density at radius 2 is 2.33 bits per heavy atom. The molecule has 0 unspecified atom stereocenters. The molecule has 0 spiro atoms. The van der Waals surface area contributed by atoms with Crippen LogP contribution in [0.2, 0.25) is 0 Å². The lowest BCUT2D eigenvalue weighted by Crippen LogP contribution is -2.08. The van der Waals surface area contributed by atoms with Crippen LogP contribution in [0.4, 0.5) is 0 Å². The fourth-order valence-corrected chi connectivity index (χ4v) is 3.28. The van der Waals surface area contributed by atoms with Crippen molar-refractivity contribution in [3.8, 4) is 5.75 Å². The molecule has 24 heavy (non-hydrogen) atoms. The summed E-state index contributed by atoms with van der Waals surface area (Å²) in [6.07, 6.45) is 1.53. The second-order valence-corrected chi connectivity index (χ2v) is 6.43. The van der Waals surface area contributed by atoms with Crippen LogP contribution in [0.5, 0.6) is 5.75 Å². The molecule has 0 aliphatic carbocycles. The van der Waals surface area contributed by atoms with E-state index in [1.165, 1.54) is 22.2 Å². The van der Waals surface area contributed by atoms with Gasteiger partial charge in [-0.3, -0.25) is 4.79 Å². The van der Waals surface area contributed by atoms with Gasteiger partial charge in [-0.15, -0.1) is 25.8 Å². The molecule has 0 aliphatic rings. The predicted octanol–water partition coefficient (Wildman–Crippen LogP) is 1.38. The van der Waals surface area contributed by atoms with Gasteiger partial charge in [0, 0.05) is 0 Å². The third kappa shape index (κ3) is 4.18. The number of fused-ring (bicyclic) bond motifs is 1. The normalized spacial score (nSPS) is 11.0. The number of carbonyl (C=O) groups is 1. The number of thiazole rings is 1. The molecule has 12 heteroatoms. The van der Waals surface area contributed by atoms with Crippen LogP contribution in [-0.4, -0.2) is 31.1 Å². The van der Waals surface area contributed by atoms with Crippen molar-refractivity contribution >= 4 is 39.6 Å². The van der Waals surface area contributed by atoms with E-state index in [2.05, 4.69) is 24.6 Å². The topological polar surface area (TPSA) is 135 Å². The summed E-state index contributed by atoms with van der Waals surface area (Å²) in [5, 5.41) is 16.3. The van der Waals surface area contributed by atoms with Gasteiger partial charge in [-0.25, -0.2) is 9.67 Å². The quantitative estimate of drug-likeness (QED) is 0.340. The van der Waals surface area contributed by atoms with Gasteiger partial charge in [0.1, 0.15) is 36.6 Å². The summed E-state index contributed by atoms with van der Waals surface area (Å²) in [5.41, 5.74) is 1.33. The van der Waals surface area contributed by atoms with Crippen molar-refractivity contribution in [3.05, 3.63) is 30.1 Å². The maximum Gasteiger partial charge on any atom is 0.325 e. The van der Waals surface area contributed by atoms with E-state index >= 15 is 0 Å². The molecule has 126 valence electrons. The van der Waals surface area contributed by atoms with Crippen molar-refractivity contribution in [1.82, 2.24) is 20.0 Å². The molecule has 0 atom stereocenters. The van der Waals surface area contributed by atoms with E-state index in [1.807, 2.05) is 12.1 Å². The Morgan fingerprint density at radius 1 is 1.46 bits per heavy atom. The lowest BCUT2D eigenvalue weighted by molar-refractivity contribution is -0.195. The highest BCUT2D eigenvalue weighted by Crippen LogP contribution is 2.32. The largest absolute Gasteiger partial charge is 0.487 e. The number of carboxylic acid groups (broad SMARTS) is 1. The number of benzene rings is 1. The minimum absolute atomic E-state index is 0.176. The number of carboxylic acids is 1. The molecule has 2 aromatic heterocycles. The Hall–Kier alpha value is -2.25. The Bertz CT molecular complexity index is 851. The van der Waals surface area contributed by atoms with Crippen molar-refractivity contribution in [1.29, 1.82) is 0 Å². The average Bonchev–Trinajstić information content (AvgIpc) is 3.16. The van der Waals surface area contributed by atoms with Crippen LogP contribution in [0.15, 0.2) is 28.7 Å². The summed E-state index contributed by atoms with van der Waals surface area (Å²) in [4.78, 5) is 19.0. The lowest BCUT2D eigenvalue weighted by atomic mass is 10.3. The van der Waals surface area contributed by atoms with E-state index in [1.54, 1.807) is 6.07 Å². The predicted molar refractivity (Wildman–Crippen MR) is 83.8 cm³/mol. The van der Waals surface area contributed by atoms with Gasteiger partial charge < -0.3 is 9.84 Å². The van der Waals surface area contributed by atoms with Gasteiger partial charge >= 0.3 is 5.97 Å². The number of nitrogens with zero attached hydrogens (tertiary/aromatic N) is 4. The third-order valence-corrected chi connectivity index (χ3v) is 4.40. The van der Waals surface area contributed by atoms with Gasteiger partial charge in [-0.2, -0.15) is 5.90 Å². The number of hydrogen-bond acceptors (Lipinski definition) is 10. The summed E-state index contributed by atoms with van der Waals surface area (Å²) < 4.78 is 13.0. The summed E-state index contributed by atoms with van der Waals surface area (Å²) in [5.74, 6) is 4.43. The van der Waals surface area contributed by atoms with Gasteiger partial charge in [0.05, 0.1) is 16.4 Å². The van der Waals surface area contributed by atoms with E-state index in [9.17, 15) is 4.79 Å². The minimum atomic E-state index is -0.985. The highest BCUT2D eigenvalue weighted by atomic mass is 32.2. The molecule has 10 nitrogen and oxygen atoms in total. The molecule has 0 bridgehead atoms. The highest BCUT2D eigenvalue weighted by molar-refractivity contribution is 7.96. The minimum Gasteiger partial charge on any atom is -0.487 e. The molecule has 0 amide bonds. The molecule has 3 aromatic rings. The molecule has 0 saturated heterocycles. The van der Waals surface area contributed by atoms with Crippen molar-refractivity contribution in [2.75, 3.05) is 0 Å². The van der Waals surface area contributed by atoms with Gasteiger partial charge in [0.25, 0.3) is 0 Å². The van der Waals surface area contributed by atoms with Crippen LogP contribution in [0.1, 0.15) is 5.69 Å². The van der Waals surface area contributed by atoms with E-state index in [0.717, 1.165) is 22.3 Å². The Labute approximate surface area is 143 Å². The number of aliphatic carboxylic acids is 1. The number of ether oxygens (including phenoxy) is 1. The monoisotopic (exact) mass is 369 g/mol. The van der Waals surface area contributed by atoms with Crippen LogP contribution in [0, 0.1) is 0 Å². The number of hydrogen-bond donors (Lipinski definition) is 2. The highest BCUT2D eigenvalue weighted by Gasteiger charge is 2.08. The maximum absolute atomic E-state index is 10.6. The average molecular weight is 369 g/mol. The van der Waals surface area contributed by atoms with E-state index in [-0.39, 0.29) is 13.2 Å². The molecule has 0 radical (unpaired) electrons.